The molecule has 2 N–H and O–H groups in total. The van der Waals surface area contributed by atoms with E-state index in [1.807, 2.05) is 0 Å². The topological polar surface area (TPSA) is 29.3 Å². The third kappa shape index (κ3) is 4.55. The van der Waals surface area contributed by atoms with Crippen LogP contribution in [0.3, 0.4) is 0 Å². The number of aryl methyl sites for hydroxylation is 2. The number of likely N-dealkylation sites (tertiary alicyclic amines) is 1. The summed E-state index contributed by atoms with van der Waals surface area (Å²) in [5.74, 6) is 0.829. The molecule has 0 aliphatic carbocycles. The fourth-order valence-corrected chi connectivity index (χ4v) is 3.45. The van der Waals surface area contributed by atoms with Crippen molar-refractivity contribution in [1.82, 2.24) is 4.90 Å². The van der Waals surface area contributed by atoms with Gasteiger partial charge in [-0.2, -0.15) is 0 Å². The Morgan fingerprint density at radius 2 is 1.81 bits per heavy atom. The fourth-order valence-electron chi connectivity index (χ4n) is 3.45. The molecule has 2 heteroatoms. The monoisotopic (exact) mass is 288 g/mol. The van der Waals surface area contributed by atoms with E-state index < -0.39 is 0 Å². The molecule has 0 bridgehead atoms. The molecule has 1 saturated heterocycles. The maximum absolute atomic E-state index is 6.40. The fraction of sp³-hybridized carbons (Fsp3) is 0.684. The maximum atomic E-state index is 6.40. The highest BCUT2D eigenvalue weighted by atomic mass is 15.1. The summed E-state index contributed by atoms with van der Waals surface area (Å²) >= 11 is 0. The molecule has 0 radical (unpaired) electrons. The third-order valence-electron chi connectivity index (χ3n) is 4.93. The van der Waals surface area contributed by atoms with Crippen LogP contribution in [0.4, 0.5) is 0 Å². The Morgan fingerprint density at radius 1 is 1.19 bits per heavy atom. The van der Waals surface area contributed by atoms with Crippen LogP contribution in [0, 0.1) is 25.2 Å². The van der Waals surface area contributed by atoms with Gasteiger partial charge in [0, 0.05) is 12.6 Å². The SMILES string of the molecule is Cc1cc(C)cc(C(N)CCN2CCC(C(C)(C)C)C2)c1. The molecular weight excluding hydrogens is 256 g/mol. The predicted octanol–water partition coefficient (Wildman–Crippen LogP) is 4.06. The lowest BCUT2D eigenvalue weighted by Crippen LogP contribution is -2.28. The lowest BCUT2D eigenvalue weighted by Gasteiger charge is -2.27. The van der Waals surface area contributed by atoms with Gasteiger partial charge in [-0.05, 0) is 56.7 Å². The quantitative estimate of drug-likeness (QED) is 0.905. The zero-order valence-corrected chi connectivity index (χ0v) is 14.4. The summed E-state index contributed by atoms with van der Waals surface area (Å²) in [6.45, 7) is 15.0. The summed E-state index contributed by atoms with van der Waals surface area (Å²) in [5.41, 5.74) is 10.8. The van der Waals surface area contributed by atoms with Gasteiger partial charge in [-0.15, -0.1) is 0 Å². The molecule has 1 aliphatic heterocycles. The van der Waals surface area contributed by atoms with E-state index >= 15 is 0 Å². The van der Waals surface area contributed by atoms with Crippen LogP contribution in [0.5, 0.6) is 0 Å². The molecule has 1 heterocycles. The van der Waals surface area contributed by atoms with Gasteiger partial charge in [0.1, 0.15) is 0 Å². The Kier molecular flexibility index (Phi) is 5.11. The first-order valence-corrected chi connectivity index (χ1v) is 8.32. The first-order chi connectivity index (χ1) is 9.75. The van der Waals surface area contributed by atoms with Gasteiger partial charge in [0.2, 0.25) is 0 Å². The second-order valence-electron chi connectivity index (χ2n) is 7.97. The molecule has 1 aromatic carbocycles. The number of nitrogens with zero attached hydrogens (tertiary/aromatic N) is 1. The number of hydrogen-bond acceptors (Lipinski definition) is 2. The summed E-state index contributed by atoms with van der Waals surface area (Å²) in [6, 6.07) is 6.85. The van der Waals surface area contributed by atoms with Gasteiger partial charge in [-0.3, -0.25) is 0 Å². The molecule has 0 spiro atoms. The highest BCUT2D eigenvalue weighted by Gasteiger charge is 2.31. The number of nitrogens with two attached hydrogens (primary N) is 1. The molecule has 2 atom stereocenters. The first kappa shape index (κ1) is 16.5. The van der Waals surface area contributed by atoms with Crippen LogP contribution in [0.2, 0.25) is 0 Å². The molecule has 0 aromatic heterocycles. The summed E-state index contributed by atoms with van der Waals surface area (Å²) < 4.78 is 0. The van der Waals surface area contributed by atoms with E-state index in [0.29, 0.717) is 5.41 Å². The molecule has 2 unspecified atom stereocenters. The van der Waals surface area contributed by atoms with Gasteiger partial charge in [-0.1, -0.05) is 50.1 Å². The van der Waals surface area contributed by atoms with Crippen molar-refractivity contribution in [3.05, 3.63) is 34.9 Å². The van der Waals surface area contributed by atoms with E-state index in [0.717, 1.165) is 18.9 Å². The summed E-state index contributed by atoms with van der Waals surface area (Å²) in [4.78, 5) is 2.60. The van der Waals surface area contributed by atoms with Crippen LogP contribution in [0.25, 0.3) is 0 Å². The molecule has 0 amide bonds. The molecule has 0 saturated carbocycles. The second-order valence-corrected chi connectivity index (χ2v) is 7.97. The molecule has 2 rings (SSSR count). The van der Waals surface area contributed by atoms with Crippen LogP contribution >= 0.6 is 0 Å². The van der Waals surface area contributed by atoms with Gasteiger partial charge >= 0.3 is 0 Å². The third-order valence-corrected chi connectivity index (χ3v) is 4.93. The largest absolute Gasteiger partial charge is 0.324 e. The van der Waals surface area contributed by atoms with Gasteiger partial charge in [0.25, 0.3) is 0 Å². The standard InChI is InChI=1S/C19H32N2/c1-14-10-15(2)12-16(11-14)18(20)7-9-21-8-6-17(13-21)19(3,4)5/h10-12,17-18H,6-9,13,20H2,1-5H3. The van der Waals surface area contributed by atoms with Crippen molar-refractivity contribution in [3.8, 4) is 0 Å². The summed E-state index contributed by atoms with van der Waals surface area (Å²) in [7, 11) is 0. The number of benzene rings is 1. The van der Waals surface area contributed by atoms with Crippen molar-refractivity contribution >= 4 is 0 Å². The Morgan fingerprint density at radius 3 is 2.33 bits per heavy atom. The van der Waals surface area contributed by atoms with E-state index in [4.69, 9.17) is 5.73 Å². The second kappa shape index (κ2) is 6.50. The highest BCUT2D eigenvalue weighted by Crippen LogP contribution is 2.33. The average Bonchev–Trinajstić information content (AvgIpc) is 2.83. The normalized spacial score (nSPS) is 21.7. The zero-order valence-electron chi connectivity index (χ0n) is 14.4. The van der Waals surface area contributed by atoms with Gasteiger partial charge in [0.15, 0.2) is 0 Å². The maximum Gasteiger partial charge on any atom is 0.0307 e. The Hall–Kier alpha value is -0.860. The summed E-state index contributed by atoms with van der Waals surface area (Å²) in [5, 5.41) is 0. The Bertz CT molecular complexity index is 453. The van der Waals surface area contributed by atoms with Crippen LogP contribution in [0.15, 0.2) is 18.2 Å². The van der Waals surface area contributed by atoms with Crippen molar-refractivity contribution in [2.24, 2.45) is 17.1 Å². The molecule has 21 heavy (non-hydrogen) atoms. The van der Waals surface area contributed by atoms with Crippen LogP contribution in [-0.4, -0.2) is 24.5 Å². The number of rotatable bonds is 4. The van der Waals surface area contributed by atoms with Gasteiger partial charge in [-0.25, -0.2) is 0 Å². The smallest absolute Gasteiger partial charge is 0.0307 e. The highest BCUT2D eigenvalue weighted by molar-refractivity contribution is 5.30. The average molecular weight is 288 g/mol. The van der Waals surface area contributed by atoms with E-state index in [1.54, 1.807) is 0 Å². The molecular formula is C19H32N2. The van der Waals surface area contributed by atoms with Crippen LogP contribution in [0.1, 0.15) is 56.3 Å². The first-order valence-electron chi connectivity index (χ1n) is 8.32. The molecule has 2 nitrogen and oxygen atoms in total. The minimum atomic E-state index is 0.164. The number of hydrogen-bond donors (Lipinski definition) is 1. The minimum Gasteiger partial charge on any atom is -0.324 e. The minimum absolute atomic E-state index is 0.164. The van der Waals surface area contributed by atoms with E-state index in [1.165, 1.54) is 36.2 Å². The van der Waals surface area contributed by atoms with Crippen molar-refractivity contribution in [3.63, 3.8) is 0 Å². The van der Waals surface area contributed by atoms with E-state index in [-0.39, 0.29) is 6.04 Å². The van der Waals surface area contributed by atoms with Gasteiger partial charge in [0.05, 0.1) is 0 Å². The van der Waals surface area contributed by atoms with E-state index in [9.17, 15) is 0 Å². The molecule has 1 fully saturated rings. The molecule has 1 aliphatic rings. The molecule has 118 valence electrons. The summed E-state index contributed by atoms with van der Waals surface area (Å²) in [6.07, 6.45) is 2.39. The van der Waals surface area contributed by atoms with E-state index in [2.05, 4.69) is 57.7 Å². The van der Waals surface area contributed by atoms with Crippen molar-refractivity contribution in [2.75, 3.05) is 19.6 Å². The van der Waals surface area contributed by atoms with Crippen LogP contribution in [-0.2, 0) is 0 Å². The lowest BCUT2D eigenvalue weighted by atomic mass is 9.80. The Balaban J connectivity index is 1.86. The lowest BCUT2D eigenvalue weighted by molar-refractivity contribution is 0.226. The zero-order chi connectivity index (χ0) is 15.6. The van der Waals surface area contributed by atoms with Crippen molar-refractivity contribution in [1.29, 1.82) is 0 Å². The Labute approximate surface area is 130 Å². The van der Waals surface area contributed by atoms with Crippen molar-refractivity contribution in [2.45, 2.75) is 53.5 Å². The predicted molar refractivity (Wildman–Crippen MR) is 91.5 cm³/mol. The van der Waals surface area contributed by atoms with Crippen molar-refractivity contribution < 1.29 is 0 Å². The van der Waals surface area contributed by atoms with Gasteiger partial charge < -0.3 is 10.6 Å². The molecule has 1 aromatic rings. The van der Waals surface area contributed by atoms with Crippen LogP contribution < -0.4 is 5.73 Å².